The van der Waals surface area contributed by atoms with E-state index in [1.54, 1.807) is 6.08 Å². The van der Waals surface area contributed by atoms with Gasteiger partial charge in [0.05, 0.1) is 16.8 Å². The summed E-state index contributed by atoms with van der Waals surface area (Å²) in [6.45, 7) is 4.08. The molecular formula is C28H25ClN2O. The van der Waals surface area contributed by atoms with Gasteiger partial charge in [-0.25, -0.2) is 0 Å². The highest BCUT2D eigenvalue weighted by Gasteiger charge is 2.37. The monoisotopic (exact) mass is 440 g/mol. The third kappa shape index (κ3) is 4.09. The molecule has 0 unspecified atom stereocenters. The highest BCUT2D eigenvalue weighted by Crippen LogP contribution is 2.49. The van der Waals surface area contributed by atoms with Gasteiger partial charge < -0.3 is 10.1 Å². The van der Waals surface area contributed by atoms with E-state index < -0.39 is 0 Å². The van der Waals surface area contributed by atoms with Gasteiger partial charge in [-0.2, -0.15) is 0 Å². The predicted octanol–water partition coefficient (Wildman–Crippen LogP) is 7.48. The van der Waals surface area contributed by atoms with Crippen molar-refractivity contribution in [1.82, 2.24) is 0 Å². The summed E-state index contributed by atoms with van der Waals surface area (Å²) in [5.74, 6) is 1.68. The van der Waals surface area contributed by atoms with Gasteiger partial charge in [0.2, 0.25) is 0 Å². The smallest absolute Gasteiger partial charge is 0.138 e. The van der Waals surface area contributed by atoms with Gasteiger partial charge in [0, 0.05) is 17.8 Å². The van der Waals surface area contributed by atoms with Gasteiger partial charge in [-0.05, 0) is 65.4 Å². The lowest BCUT2D eigenvalue weighted by atomic mass is 9.77. The first-order valence-electron chi connectivity index (χ1n) is 10.9. The van der Waals surface area contributed by atoms with Crippen LogP contribution in [0, 0.1) is 5.92 Å². The van der Waals surface area contributed by atoms with Gasteiger partial charge in [-0.3, -0.25) is 4.99 Å². The van der Waals surface area contributed by atoms with E-state index in [9.17, 15) is 0 Å². The number of nitrogens with one attached hydrogen (secondary N) is 1. The molecule has 3 atom stereocenters. The average molecular weight is 441 g/mol. The van der Waals surface area contributed by atoms with Gasteiger partial charge in [0.15, 0.2) is 0 Å². The number of hydrogen-bond acceptors (Lipinski definition) is 3. The van der Waals surface area contributed by atoms with Crippen molar-refractivity contribution in [2.24, 2.45) is 10.9 Å². The number of halogens is 1. The fourth-order valence-electron chi connectivity index (χ4n) is 4.65. The van der Waals surface area contributed by atoms with E-state index in [1.165, 1.54) is 16.8 Å². The van der Waals surface area contributed by atoms with Gasteiger partial charge in [-0.15, -0.1) is 0 Å². The Hall–Kier alpha value is -3.30. The first kappa shape index (κ1) is 20.6. The number of benzene rings is 3. The molecule has 0 aromatic heterocycles. The molecular weight excluding hydrogens is 416 g/mol. The van der Waals surface area contributed by atoms with Gasteiger partial charge in [-0.1, -0.05) is 66.7 Å². The van der Waals surface area contributed by atoms with Crippen LogP contribution in [0.25, 0.3) is 0 Å². The minimum Gasteiger partial charge on any atom is -0.488 e. The Balaban J connectivity index is 1.32. The maximum absolute atomic E-state index is 6.30. The van der Waals surface area contributed by atoms with Crippen LogP contribution >= 0.6 is 11.6 Å². The molecule has 1 heterocycles. The molecule has 0 radical (unpaired) electrons. The Bertz CT molecular complexity index is 1180. The van der Waals surface area contributed by atoms with Crippen molar-refractivity contribution in [3.8, 4) is 5.75 Å². The van der Waals surface area contributed by atoms with Crippen LogP contribution in [0.4, 0.5) is 11.4 Å². The first-order valence-corrected chi connectivity index (χ1v) is 11.3. The molecule has 3 nitrogen and oxygen atoms in total. The van der Waals surface area contributed by atoms with Crippen LogP contribution in [0.15, 0.2) is 96.5 Å². The third-order valence-electron chi connectivity index (χ3n) is 6.20. The van der Waals surface area contributed by atoms with Crippen LogP contribution in [0.2, 0.25) is 5.02 Å². The van der Waals surface area contributed by atoms with E-state index in [0.717, 1.165) is 17.7 Å². The van der Waals surface area contributed by atoms with Crippen molar-refractivity contribution >= 4 is 29.2 Å². The molecule has 0 saturated carbocycles. The van der Waals surface area contributed by atoms with Crippen LogP contribution in [-0.2, 0) is 0 Å². The number of aliphatic imine (C=N–C) groups is 1. The van der Waals surface area contributed by atoms with Gasteiger partial charge in [0.1, 0.15) is 12.4 Å². The molecule has 4 heteroatoms. The predicted molar refractivity (Wildman–Crippen MR) is 134 cm³/mol. The molecule has 1 aliphatic carbocycles. The minimum atomic E-state index is 0.296. The van der Waals surface area contributed by atoms with E-state index >= 15 is 0 Å². The van der Waals surface area contributed by atoms with Crippen molar-refractivity contribution in [2.75, 3.05) is 11.9 Å². The van der Waals surface area contributed by atoms with Crippen LogP contribution < -0.4 is 10.1 Å². The van der Waals surface area contributed by atoms with Crippen LogP contribution in [0.1, 0.15) is 35.1 Å². The SMILES string of the molecule is C=CCOc1ccc(C=Nc2ccc([C@@H]3Nc4ccccc4[C@@H]4C=CC[C@H]43)cc2)cc1Cl. The standard InChI is InChI=1S/C28H25ClN2O/c1-2-16-32-27-15-10-19(17-25(27)29)18-30-21-13-11-20(12-14-21)28-24-8-5-7-22(24)23-6-3-4-9-26(23)31-28/h2-7,9-15,17-18,22,24,28,31H,1,8,16H2/t22-,24+,28-/m0/s1. The second-order valence-electron chi connectivity index (χ2n) is 8.20. The number of ether oxygens (including phenoxy) is 1. The van der Waals surface area contributed by atoms with E-state index in [1.807, 2.05) is 24.4 Å². The highest BCUT2D eigenvalue weighted by molar-refractivity contribution is 6.32. The lowest BCUT2D eigenvalue weighted by molar-refractivity contribution is 0.363. The fraction of sp³-hybridized carbons (Fsp3) is 0.179. The molecule has 1 N–H and O–H groups in total. The van der Waals surface area contributed by atoms with Crippen molar-refractivity contribution in [3.63, 3.8) is 0 Å². The summed E-state index contributed by atoms with van der Waals surface area (Å²) in [6.07, 6.45) is 9.31. The Morgan fingerprint density at radius 3 is 2.75 bits per heavy atom. The lowest BCUT2D eigenvalue weighted by Crippen LogP contribution is -2.28. The molecule has 1 aliphatic heterocycles. The van der Waals surface area contributed by atoms with E-state index in [2.05, 4.69) is 77.6 Å². The number of nitrogens with zero attached hydrogens (tertiary/aromatic N) is 1. The summed E-state index contributed by atoms with van der Waals surface area (Å²) in [6, 6.07) is 23.1. The largest absolute Gasteiger partial charge is 0.488 e. The number of allylic oxidation sites excluding steroid dienone is 2. The number of rotatable bonds is 6. The van der Waals surface area contributed by atoms with Gasteiger partial charge >= 0.3 is 0 Å². The molecule has 3 aromatic carbocycles. The Morgan fingerprint density at radius 1 is 1.09 bits per heavy atom. The molecule has 3 aromatic rings. The normalized spacial score (nSPS) is 21.1. The molecule has 0 spiro atoms. The Labute approximate surface area is 194 Å². The zero-order valence-corrected chi connectivity index (χ0v) is 18.5. The molecule has 0 saturated heterocycles. The maximum atomic E-state index is 6.30. The number of para-hydroxylation sites is 1. The fourth-order valence-corrected chi connectivity index (χ4v) is 4.90. The van der Waals surface area contributed by atoms with Crippen LogP contribution in [-0.4, -0.2) is 12.8 Å². The molecule has 0 fully saturated rings. The highest BCUT2D eigenvalue weighted by atomic mass is 35.5. The Kier molecular flexibility index (Phi) is 5.83. The summed E-state index contributed by atoms with van der Waals surface area (Å²) < 4.78 is 5.52. The molecule has 0 amide bonds. The molecule has 5 rings (SSSR count). The topological polar surface area (TPSA) is 33.6 Å². The Morgan fingerprint density at radius 2 is 1.94 bits per heavy atom. The summed E-state index contributed by atoms with van der Waals surface area (Å²) in [5, 5.41) is 4.34. The van der Waals surface area contributed by atoms with Crippen molar-refractivity contribution in [2.45, 2.75) is 18.4 Å². The zero-order chi connectivity index (χ0) is 21.9. The second-order valence-corrected chi connectivity index (χ2v) is 8.61. The molecule has 2 aliphatic rings. The lowest BCUT2D eigenvalue weighted by Gasteiger charge is -2.37. The summed E-state index contributed by atoms with van der Waals surface area (Å²) in [4.78, 5) is 4.62. The maximum Gasteiger partial charge on any atom is 0.138 e. The summed E-state index contributed by atoms with van der Waals surface area (Å²) in [7, 11) is 0. The van der Waals surface area contributed by atoms with Crippen molar-refractivity contribution < 1.29 is 4.74 Å². The average Bonchev–Trinajstić information content (AvgIpc) is 3.32. The zero-order valence-electron chi connectivity index (χ0n) is 17.7. The quantitative estimate of drug-likeness (QED) is 0.318. The van der Waals surface area contributed by atoms with E-state index in [0.29, 0.717) is 35.3 Å². The number of fused-ring (bicyclic) bond motifs is 3. The van der Waals surface area contributed by atoms with Gasteiger partial charge in [0.25, 0.3) is 0 Å². The second kappa shape index (κ2) is 9.05. The van der Waals surface area contributed by atoms with E-state index in [-0.39, 0.29) is 0 Å². The summed E-state index contributed by atoms with van der Waals surface area (Å²) in [5.41, 5.74) is 5.78. The first-order chi connectivity index (χ1) is 15.7. The molecule has 160 valence electrons. The van der Waals surface area contributed by atoms with Crippen LogP contribution in [0.5, 0.6) is 5.75 Å². The number of anilines is 1. The number of hydrogen-bond donors (Lipinski definition) is 1. The third-order valence-corrected chi connectivity index (χ3v) is 6.49. The van der Waals surface area contributed by atoms with Crippen LogP contribution in [0.3, 0.4) is 0 Å². The molecule has 32 heavy (non-hydrogen) atoms. The molecule has 0 bridgehead atoms. The summed E-state index contributed by atoms with van der Waals surface area (Å²) >= 11 is 6.30. The minimum absolute atomic E-state index is 0.296. The van der Waals surface area contributed by atoms with E-state index in [4.69, 9.17) is 16.3 Å². The van der Waals surface area contributed by atoms with Crippen molar-refractivity contribution in [1.29, 1.82) is 0 Å². The van der Waals surface area contributed by atoms with Crippen molar-refractivity contribution in [3.05, 3.63) is 113 Å².